The molecule has 1 N–H and O–H groups in total. The smallest absolute Gasteiger partial charge is 0.238 e. The molecule has 0 aliphatic heterocycles. The molecular formula is C14H23ClN2O. The van der Waals surface area contributed by atoms with Crippen LogP contribution in [-0.2, 0) is 4.79 Å². The molecule has 4 heteroatoms. The Labute approximate surface area is 130 Å². The number of nitrogens with zero attached hydrogens (tertiary/aromatic N) is 1. The average molecular weight is 281 g/mol. The van der Waals surface area contributed by atoms with Gasteiger partial charge in [0.1, 0.15) is 0 Å². The lowest BCUT2D eigenvalue weighted by molar-refractivity contribution is -0.117. The first-order valence-corrected chi connectivity index (χ1v) is 5.06. The monoisotopic (exact) mass is 280 g/mol. The Bertz CT molecular complexity index is 676. The Hall–Kier alpha value is -1.06. The van der Waals surface area contributed by atoms with E-state index in [0.29, 0.717) is 11.3 Å². The number of hydrogen-bond acceptors (Lipinski definition) is 2. The van der Waals surface area contributed by atoms with Crippen LogP contribution in [0.3, 0.4) is 0 Å². The molecule has 1 rings (SSSR count). The van der Waals surface area contributed by atoms with Crippen LogP contribution >= 0.6 is 12.4 Å². The largest absolute Gasteiger partial charge is 0.325 e. The molecule has 0 saturated carbocycles. The number of anilines is 1. The van der Waals surface area contributed by atoms with Crippen LogP contribution in [0.5, 0.6) is 0 Å². The molecule has 0 fully saturated rings. The molecule has 0 atom stereocenters. The summed E-state index contributed by atoms with van der Waals surface area (Å²) in [6.45, 7) is -11.2. The summed E-state index contributed by atoms with van der Waals surface area (Å²) in [6, 6.07) is 5.16. The van der Waals surface area contributed by atoms with Crippen molar-refractivity contribution in [3.63, 3.8) is 0 Å². The fourth-order valence-corrected chi connectivity index (χ4v) is 1.31. The van der Waals surface area contributed by atoms with Crippen LogP contribution in [0.25, 0.3) is 0 Å². The van der Waals surface area contributed by atoms with E-state index >= 15 is 0 Å². The second-order valence-corrected chi connectivity index (χ2v) is 3.68. The molecule has 0 aromatic heterocycles. The molecule has 0 saturated heterocycles. The summed E-state index contributed by atoms with van der Waals surface area (Å²) in [6.07, 6.45) is 0. The third-order valence-corrected chi connectivity index (χ3v) is 2.24. The number of amides is 1. The lowest BCUT2D eigenvalue weighted by Gasteiger charge is -2.18. The van der Waals surface area contributed by atoms with E-state index in [1.807, 2.05) is 0 Å². The van der Waals surface area contributed by atoms with Gasteiger partial charge >= 0.3 is 0 Å². The molecule has 0 spiro atoms. The van der Waals surface area contributed by atoms with Crippen molar-refractivity contribution in [2.45, 2.75) is 27.6 Å². The fourth-order valence-electron chi connectivity index (χ4n) is 1.31. The summed E-state index contributed by atoms with van der Waals surface area (Å²) in [4.78, 5) is 12.3. The maximum Gasteiger partial charge on any atom is 0.238 e. The van der Waals surface area contributed by atoms with Crippen molar-refractivity contribution in [2.75, 3.05) is 24.9 Å². The van der Waals surface area contributed by atoms with Crippen molar-refractivity contribution in [2.24, 2.45) is 0 Å². The van der Waals surface area contributed by atoms with Gasteiger partial charge in [-0.3, -0.25) is 9.69 Å². The van der Waals surface area contributed by atoms with Crippen LogP contribution in [0.15, 0.2) is 18.2 Å². The summed E-state index contributed by atoms with van der Waals surface area (Å²) in [5.41, 5.74) is 1.88. The fraction of sp³-hybridized carbons (Fsp3) is 0.500. The van der Waals surface area contributed by atoms with Crippen molar-refractivity contribution in [3.05, 3.63) is 29.3 Å². The standard InChI is InChI=1S/C14H22N2O.ClH/c1-5-16(6-2)10-14(17)15-13-9-11(3)7-8-12(13)4;/h7-9H,5-6,10H2,1-4H3,(H,15,17);1H/i1D3,2D3,5D2,6D2;. The first kappa shape index (κ1) is 6.40. The van der Waals surface area contributed by atoms with Gasteiger partial charge < -0.3 is 5.32 Å². The minimum absolute atomic E-state index is 0. The number of aryl methyl sites for hydroxylation is 2. The third-order valence-electron chi connectivity index (χ3n) is 2.24. The van der Waals surface area contributed by atoms with Crippen molar-refractivity contribution in [1.82, 2.24) is 4.90 Å². The van der Waals surface area contributed by atoms with Gasteiger partial charge in [0.2, 0.25) is 5.91 Å². The normalized spacial score (nSPS) is 21.3. The topological polar surface area (TPSA) is 32.3 Å². The Balaban J connectivity index is 0.00000729. The zero-order valence-corrected chi connectivity index (χ0v) is 11.0. The maximum absolute atomic E-state index is 12.4. The predicted octanol–water partition coefficient (Wildman–Crippen LogP) is 3.01. The van der Waals surface area contributed by atoms with E-state index in [-0.39, 0.29) is 17.3 Å². The van der Waals surface area contributed by atoms with Gasteiger partial charge in [-0.15, -0.1) is 12.4 Å². The van der Waals surface area contributed by atoms with Crippen molar-refractivity contribution >= 4 is 24.0 Å². The lowest BCUT2D eigenvalue weighted by Crippen LogP contribution is -2.33. The van der Waals surface area contributed by atoms with Gasteiger partial charge in [-0.1, -0.05) is 25.8 Å². The molecule has 0 aliphatic rings. The van der Waals surface area contributed by atoms with Crippen LogP contribution in [0, 0.1) is 13.8 Å². The molecule has 18 heavy (non-hydrogen) atoms. The summed E-state index contributed by atoms with van der Waals surface area (Å²) >= 11 is 0. The Morgan fingerprint density at radius 2 is 2.06 bits per heavy atom. The van der Waals surface area contributed by atoms with E-state index in [4.69, 9.17) is 13.7 Å². The third kappa shape index (κ3) is 5.07. The van der Waals surface area contributed by atoms with Crippen LogP contribution in [0.1, 0.15) is 38.5 Å². The van der Waals surface area contributed by atoms with Gasteiger partial charge in [-0.25, -0.2) is 0 Å². The zero-order chi connectivity index (χ0) is 21.4. The molecule has 0 unspecified atom stereocenters. The van der Waals surface area contributed by atoms with Gasteiger partial charge in [0.15, 0.2) is 0 Å². The highest BCUT2D eigenvalue weighted by atomic mass is 35.5. The molecule has 1 aromatic carbocycles. The van der Waals surface area contributed by atoms with E-state index < -0.39 is 39.1 Å². The number of rotatable bonds is 5. The summed E-state index contributed by atoms with van der Waals surface area (Å²) < 4.78 is 75.0. The van der Waals surface area contributed by atoms with Gasteiger partial charge in [0, 0.05) is 19.4 Å². The molecule has 0 heterocycles. The van der Waals surface area contributed by atoms with Crippen LogP contribution in [0.4, 0.5) is 5.69 Å². The predicted molar refractivity (Wildman–Crippen MR) is 79.6 cm³/mol. The minimum Gasteiger partial charge on any atom is -0.325 e. The second kappa shape index (κ2) is 8.11. The Kier molecular flexibility index (Phi) is 2.88. The SMILES string of the molecule is Cl.[2H]C([2H])([2H])C([2H])([2H])N(CC(=O)Nc1cc(C)ccc1C)C([2H])([2H])C([2H])([2H])[2H]. The van der Waals surface area contributed by atoms with Crippen molar-refractivity contribution in [3.8, 4) is 0 Å². The molecular weight excluding hydrogens is 248 g/mol. The van der Waals surface area contributed by atoms with Gasteiger partial charge in [0.05, 0.1) is 6.54 Å². The molecule has 0 radical (unpaired) electrons. The average Bonchev–Trinajstić information content (AvgIpc) is 2.46. The van der Waals surface area contributed by atoms with Crippen molar-refractivity contribution < 1.29 is 18.5 Å². The number of halogens is 1. The van der Waals surface area contributed by atoms with Crippen LogP contribution in [-0.4, -0.2) is 30.3 Å². The molecule has 1 amide bonds. The van der Waals surface area contributed by atoms with Crippen LogP contribution in [0.2, 0.25) is 0 Å². The summed E-state index contributed by atoms with van der Waals surface area (Å²) in [5, 5.41) is 2.45. The molecule has 0 bridgehead atoms. The summed E-state index contributed by atoms with van der Waals surface area (Å²) in [5.74, 6) is -0.940. The molecule has 3 nitrogen and oxygen atoms in total. The quantitative estimate of drug-likeness (QED) is 0.899. The Morgan fingerprint density at radius 1 is 1.39 bits per heavy atom. The highest BCUT2D eigenvalue weighted by Crippen LogP contribution is 2.16. The lowest BCUT2D eigenvalue weighted by atomic mass is 10.1. The minimum atomic E-state index is -3.40. The second-order valence-electron chi connectivity index (χ2n) is 3.68. The highest BCUT2D eigenvalue weighted by molar-refractivity contribution is 5.93. The van der Waals surface area contributed by atoms with E-state index in [0.717, 1.165) is 5.56 Å². The number of carbonyl (C=O) groups excluding carboxylic acids is 1. The Morgan fingerprint density at radius 3 is 2.67 bits per heavy atom. The molecule has 0 aliphatic carbocycles. The highest BCUT2D eigenvalue weighted by Gasteiger charge is 2.08. The van der Waals surface area contributed by atoms with Gasteiger partial charge in [-0.2, -0.15) is 0 Å². The van der Waals surface area contributed by atoms with Crippen LogP contribution < -0.4 is 5.32 Å². The maximum atomic E-state index is 12.4. The van der Waals surface area contributed by atoms with E-state index in [1.54, 1.807) is 32.0 Å². The molecule has 102 valence electrons. The van der Waals surface area contributed by atoms with Crippen molar-refractivity contribution in [1.29, 1.82) is 0 Å². The number of carbonyl (C=O) groups is 1. The molecule has 1 aromatic rings. The number of hydrogen-bond donors (Lipinski definition) is 1. The van der Waals surface area contributed by atoms with E-state index in [2.05, 4.69) is 5.32 Å². The van der Waals surface area contributed by atoms with E-state index in [1.165, 1.54) is 0 Å². The number of likely N-dealkylation sites (N-methyl/N-ethyl adjacent to an activating group) is 1. The van der Waals surface area contributed by atoms with E-state index in [9.17, 15) is 4.79 Å². The number of nitrogens with one attached hydrogen (secondary N) is 1. The van der Waals surface area contributed by atoms with Gasteiger partial charge in [-0.05, 0) is 44.0 Å². The number of benzene rings is 1. The first-order valence-electron chi connectivity index (χ1n) is 10.1. The summed E-state index contributed by atoms with van der Waals surface area (Å²) in [7, 11) is 0. The van der Waals surface area contributed by atoms with Gasteiger partial charge in [0.25, 0.3) is 0 Å². The zero-order valence-electron chi connectivity index (χ0n) is 20.2. The first-order chi connectivity index (χ1) is 11.9.